The van der Waals surface area contributed by atoms with Gasteiger partial charge in [-0.05, 0) is 11.6 Å². The Bertz CT molecular complexity index is 176. The molecule has 0 unspecified atom stereocenters. The second kappa shape index (κ2) is 9.85. The van der Waals surface area contributed by atoms with Crippen LogP contribution in [-0.4, -0.2) is 56.0 Å². The number of hydrogen-bond donors (Lipinski definition) is 1. The molecule has 0 heterocycles. The Kier molecular flexibility index (Phi) is 9.40. The summed E-state index contributed by atoms with van der Waals surface area (Å²) < 4.78 is 14.5. The fraction of sp³-hybridized carbons (Fsp3) is 0.750. The number of carbonyl (C=O) groups is 2. The van der Waals surface area contributed by atoms with Crippen LogP contribution in [-0.2, 0) is 23.8 Å². The average Bonchev–Trinajstić information content (AvgIpc) is 2.14. The third kappa shape index (κ3) is 13.3. The zero-order valence-corrected chi connectivity index (χ0v) is 8.86. The first-order valence-corrected chi connectivity index (χ1v) is 4.64. The van der Waals surface area contributed by atoms with Crippen LogP contribution in [0, 0.1) is 0 Å². The quantitative estimate of drug-likeness (QED) is 0.424. The van der Waals surface area contributed by atoms with Gasteiger partial charge in [0.25, 0.3) is 0 Å². The van der Waals surface area contributed by atoms with Crippen LogP contribution in [0.5, 0.6) is 0 Å². The predicted octanol–water partition coefficient (Wildman–Crippen LogP) is -0.114. The number of carbonyl (C=O) groups excluding carboxylic acids is 1. The van der Waals surface area contributed by atoms with Crippen LogP contribution in [0.3, 0.4) is 0 Å². The molecule has 15 heavy (non-hydrogen) atoms. The van der Waals surface area contributed by atoms with E-state index in [0.29, 0.717) is 6.61 Å². The summed E-state index contributed by atoms with van der Waals surface area (Å²) in [5.41, 5.74) is 0. The summed E-state index contributed by atoms with van der Waals surface area (Å²) in [6.07, 6.45) is 0. The summed E-state index contributed by atoms with van der Waals surface area (Å²) in [4.78, 5) is 20.2. The Morgan fingerprint density at radius 1 is 0.933 bits per heavy atom. The Labute approximate surface area is 92.1 Å². The molecule has 0 fully saturated rings. The van der Waals surface area contributed by atoms with Gasteiger partial charge >= 0.3 is 5.97 Å². The van der Waals surface area contributed by atoms with Crippen molar-refractivity contribution in [3.8, 4) is 0 Å². The highest BCUT2D eigenvalue weighted by Gasteiger charge is 1.97. The van der Waals surface area contributed by atoms with Gasteiger partial charge in [-0.3, -0.25) is 4.79 Å². The molecule has 0 radical (unpaired) electrons. The maximum atomic E-state index is 10.2. The summed E-state index contributed by atoms with van der Waals surface area (Å²) in [7, 11) is 0. The standard InChI is InChI=1S/C8H13ClO6/c9-7(10)5-14-3-1-13-2-4-15-6-8(11)12/h1-6H2,(H,11,12). The Morgan fingerprint density at radius 3 is 1.87 bits per heavy atom. The molecular formula is C8H13ClO6. The molecule has 0 rings (SSSR count). The van der Waals surface area contributed by atoms with E-state index in [-0.39, 0.29) is 33.0 Å². The summed E-state index contributed by atoms with van der Waals surface area (Å²) in [6.45, 7) is 0.589. The molecular weight excluding hydrogens is 228 g/mol. The summed E-state index contributed by atoms with van der Waals surface area (Å²) in [6, 6.07) is 0. The molecule has 0 aliphatic carbocycles. The van der Waals surface area contributed by atoms with Crippen molar-refractivity contribution in [2.45, 2.75) is 0 Å². The fourth-order valence-corrected chi connectivity index (χ4v) is 0.727. The van der Waals surface area contributed by atoms with Gasteiger partial charge in [0.2, 0.25) is 5.24 Å². The maximum absolute atomic E-state index is 10.2. The second-order valence-electron chi connectivity index (χ2n) is 2.47. The van der Waals surface area contributed by atoms with E-state index in [1.54, 1.807) is 0 Å². The summed E-state index contributed by atoms with van der Waals surface area (Å²) in [5, 5.41) is 7.65. The van der Waals surface area contributed by atoms with Crippen molar-refractivity contribution in [1.82, 2.24) is 0 Å². The van der Waals surface area contributed by atoms with Crippen LogP contribution in [0.4, 0.5) is 0 Å². The van der Waals surface area contributed by atoms with E-state index >= 15 is 0 Å². The molecule has 1 N–H and O–H groups in total. The second-order valence-corrected chi connectivity index (χ2v) is 2.89. The first kappa shape index (κ1) is 14.3. The molecule has 0 aromatic carbocycles. The van der Waals surface area contributed by atoms with Crippen LogP contribution < -0.4 is 0 Å². The zero-order chi connectivity index (χ0) is 11.5. The molecule has 0 atom stereocenters. The lowest BCUT2D eigenvalue weighted by Crippen LogP contribution is -2.14. The summed E-state index contributed by atoms with van der Waals surface area (Å²) >= 11 is 5.01. The smallest absolute Gasteiger partial charge is 0.329 e. The molecule has 88 valence electrons. The van der Waals surface area contributed by atoms with E-state index in [4.69, 9.17) is 30.9 Å². The first-order valence-electron chi connectivity index (χ1n) is 4.26. The van der Waals surface area contributed by atoms with Gasteiger partial charge in [0, 0.05) is 0 Å². The Balaban J connectivity index is 2.99. The van der Waals surface area contributed by atoms with Crippen molar-refractivity contribution in [3.63, 3.8) is 0 Å². The predicted molar refractivity (Wildman–Crippen MR) is 51.0 cm³/mol. The minimum absolute atomic E-state index is 0.138. The van der Waals surface area contributed by atoms with Gasteiger partial charge < -0.3 is 19.3 Å². The van der Waals surface area contributed by atoms with Crippen molar-refractivity contribution in [3.05, 3.63) is 0 Å². The van der Waals surface area contributed by atoms with E-state index in [0.717, 1.165) is 0 Å². The van der Waals surface area contributed by atoms with Crippen LogP contribution in [0.1, 0.15) is 0 Å². The third-order valence-corrected chi connectivity index (χ3v) is 1.29. The van der Waals surface area contributed by atoms with Crippen LogP contribution in [0.15, 0.2) is 0 Å². The average molecular weight is 241 g/mol. The van der Waals surface area contributed by atoms with Crippen LogP contribution >= 0.6 is 11.6 Å². The van der Waals surface area contributed by atoms with Gasteiger partial charge in [0.1, 0.15) is 13.2 Å². The molecule has 0 saturated carbocycles. The molecule has 7 heteroatoms. The first-order chi connectivity index (χ1) is 7.13. The Morgan fingerprint density at radius 2 is 1.40 bits per heavy atom. The maximum Gasteiger partial charge on any atom is 0.329 e. The van der Waals surface area contributed by atoms with Gasteiger partial charge in [-0.1, -0.05) is 0 Å². The zero-order valence-electron chi connectivity index (χ0n) is 8.11. The van der Waals surface area contributed by atoms with Gasteiger partial charge in [-0.25, -0.2) is 4.79 Å². The van der Waals surface area contributed by atoms with Gasteiger partial charge in [-0.15, -0.1) is 0 Å². The highest BCUT2D eigenvalue weighted by molar-refractivity contribution is 6.63. The lowest BCUT2D eigenvalue weighted by molar-refractivity contribution is -0.142. The molecule has 6 nitrogen and oxygen atoms in total. The molecule has 0 bridgehead atoms. The summed E-state index contributed by atoms with van der Waals surface area (Å²) in [5.74, 6) is -1.01. The minimum Gasteiger partial charge on any atom is -0.480 e. The molecule has 0 aromatic heterocycles. The SMILES string of the molecule is O=C(O)COCCOCCOCC(=O)Cl. The number of aliphatic carboxylic acids is 1. The van der Waals surface area contributed by atoms with E-state index in [1.807, 2.05) is 0 Å². The molecule has 0 spiro atoms. The molecule has 0 amide bonds. The monoisotopic (exact) mass is 240 g/mol. The van der Waals surface area contributed by atoms with Crippen molar-refractivity contribution in [1.29, 1.82) is 0 Å². The number of halogens is 1. The largest absolute Gasteiger partial charge is 0.480 e. The number of carboxylic acid groups (broad SMARTS) is 1. The van der Waals surface area contributed by atoms with E-state index in [1.165, 1.54) is 0 Å². The lowest BCUT2D eigenvalue weighted by Gasteiger charge is -2.04. The molecule has 0 aliphatic heterocycles. The Hall–Kier alpha value is -0.690. The highest BCUT2D eigenvalue weighted by atomic mass is 35.5. The third-order valence-electron chi connectivity index (χ3n) is 1.19. The van der Waals surface area contributed by atoms with E-state index in [9.17, 15) is 9.59 Å². The lowest BCUT2D eigenvalue weighted by atomic mass is 10.7. The van der Waals surface area contributed by atoms with Crippen molar-refractivity contribution in [2.75, 3.05) is 39.6 Å². The number of ether oxygens (including phenoxy) is 3. The van der Waals surface area contributed by atoms with E-state index < -0.39 is 11.2 Å². The van der Waals surface area contributed by atoms with Crippen molar-refractivity contribution >= 4 is 22.8 Å². The van der Waals surface area contributed by atoms with Gasteiger partial charge in [0.15, 0.2) is 0 Å². The number of rotatable bonds is 10. The van der Waals surface area contributed by atoms with Crippen LogP contribution in [0.25, 0.3) is 0 Å². The molecule has 0 aromatic rings. The van der Waals surface area contributed by atoms with Gasteiger partial charge in [0.05, 0.1) is 26.4 Å². The molecule has 0 aliphatic rings. The van der Waals surface area contributed by atoms with E-state index in [2.05, 4.69) is 0 Å². The number of hydrogen-bond acceptors (Lipinski definition) is 5. The van der Waals surface area contributed by atoms with Crippen molar-refractivity contribution < 1.29 is 28.9 Å². The minimum atomic E-state index is -1.01. The van der Waals surface area contributed by atoms with Crippen LogP contribution in [0.2, 0.25) is 0 Å². The topological polar surface area (TPSA) is 82.1 Å². The highest BCUT2D eigenvalue weighted by Crippen LogP contribution is 1.84. The van der Waals surface area contributed by atoms with Gasteiger partial charge in [-0.2, -0.15) is 0 Å². The normalized spacial score (nSPS) is 10.2. The number of carboxylic acids is 1. The van der Waals surface area contributed by atoms with Crippen molar-refractivity contribution in [2.24, 2.45) is 0 Å². The fourth-order valence-electron chi connectivity index (χ4n) is 0.650. The molecule has 0 saturated heterocycles.